The number of rotatable bonds is 8. The smallest absolute Gasteiger partial charge is 0.416 e. The number of hydrogen-bond acceptors (Lipinski definition) is 6. The quantitative estimate of drug-likeness (QED) is 0.371. The number of anilines is 1. The minimum absolute atomic E-state index is 0.0231. The van der Waals surface area contributed by atoms with Gasteiger partial charge in [0, 0.05) is 55.8 Å². The molecule has 0 aliphatic carbocycles. The molecule has 6 rings (SSSR count). The standard InChI is InChI=1S/C29H31F4N5O3/c1-3-41-22-9-19(28(15-40-16-28)11-26-35-34-17-36(26)2)8-21(10-22)38-14-24-23(27(38)39)6-18(7-25(24)29(31,32)33)12-37-5-4-20(30)13-37/h6-10,17,20H,3-5,11-16H2,1-2H3/t20-/m0/s1. The van der Waals surface area contributed by atoms with E-state index < -0.39 is 29.2 Å². The number of amides is 1. The summed E-state index contributed by atoms with van der Waals surface area (Å²) in [7, 11) is 1.86. The summed E-state index contributed by atoms with van der Waals surface area (Å²) in [6, 6.07) is 8.05. The number of aromatic nitrogens is 3. The molecule has 0 radical (unpaired) electrons. The molecule has 4 heterocycles. The van der Waals surface area contributed by atoms with Crippen LogP contribution in [-0.2, 0) is 42.9 Å². The molecule has 2 fully saturated rings. The lowest BCUT2D eigenvalue weighted by Crippen LogP contribution is -2.49. The van der Waals surface area contributed by atoms with E-state index in [0.29, 0.717) is 56.2 Å². The highest BCUT2D eigenvalue weighted by Gasteiger charge is 2.44. The van der Waals surface area contributed by atoms with Gasteiger partial charge in [-0.15, -0.1) is 10.2 Å². The van der Waals surface area contributed by atoms with E-state index in [1.807, 2.05) is 30.7 Å². The second kappa shape index (κ2) is 10.4. The average molecular weight is 574 g/mol. The number of benzene rings is 2. The lowest BCUT2D eigenvalue weighted by molar-refractivity contribution is -0.138. The highest BCUT2D eigenvalue weighted by molar-refractivity contribution is 6.10. The zero-order valence-electron chi connectivity index (χ0n) is 22.9. The summed E-state index contributed by atoms with van der Waals surface area (Å²) < 4.78 is 69.8. The molecule has 3 aliphatic rings. The monoisotopic (exact) mass is 573 g/mol. The van der Waals surface area contributed by atoms with Crippen molar-refractivity contribution in [2.45, 2.75) is 50.6 Å². The first kappa shape index (κ1) is 27.6. The molecule has 3 aromatic rings. The third-order valence-corrected chi connectivity index (χ3v) is 8.21. The van der Waals surface area contributed by atoms with Crippen molar-refractivity contribution >= 4 is 11.6 Å². The maximum Gasteiger partial charge on any atom is 0.416 e. The number of nitrogens with zero attached hydrogens (tertiary/aromatic N) is 5. The van der Waals surface area contributed by atoms with Crippen molar-refractivity contribution in [3.05, 3.63) is 70.3 Å². The highest BCUT2D eigenvalue weighted by atomic mass is 19.4. The largest absolute Gasteiger partial charge is 0.494 e. The van der Waals surface area contributed by atoms with Gasteiger partial charge in [-0.25, -0.2) is 4.39 Å². The van der Waals surface area contributed by atoms with Gasteiger partial charge < -0.3 is 18.9 Å². The van der Waals surface area contributed by atoms with Gasteiger partial charge in [-0.05, 0) is 54.3 Å². The molecule has 0 saturated carbocycles. The Morgan fingerprint density at radius 1 is 1.17 bits per heavy atom. The Balaban J connectivity index is 1.37. The number of hydrogen-bond donors (Lipinski definition) is 0. The van der Waals surface area contributed by atoms with Crippen LogP contribution in [0.5, 0.6) is 5.75 Å². The second-order valence-corrected chi connectivity index (χ2v) is 11.1. The predicted molar refractivity (Wildman–Crippen MR) is 142 cm³/mol. The molecule has 2 aromatic carbocycles. The predicted octanol–water partition coefficient (Wildman–Crippen LogP) is 4.45. The summed E-state index contributed by atoms with van der Waals surface area (Å²) in [4.78, 5) is 16.9. The Kier molecular flexibility index (Phi) is 7.01. The molecule has 41 heavy (non-hydrogen) atoms. The molecule has 2 saturated heterocycles. The van der Waals surface area contributed by atoms with Crippen molar-refractivity contribution < 1.29 is 31.8 Å². The van der Waals surface area contributed by atoms with Gasteiger partial charge in [-0.2, -0.15) is 13.2 Å². The minimum Gasteiger partial charge on any atom is -0.494 e. The van der Waals surface area contributed by atoms with E-state index in [9.17, 15) is 22.4 Å². The van der Waals surface area contributed by atoms with Gasteiger partial charge in [0.05, 0.1) is 31.9 Å². The summed E-state index contributed by atoms with van der Waals surface area (Å²) in [5.41, 5.74) is 0.332. The van der Waals surface area contributed by atoms with Crippen LogP contribution < -0.4 is 9.64 Å². The maximum absolute atomic E-state index is 14.3. The fraction of sp³-hybridized carbons (Fsp3) is 0.483. The zero-order valence-corrected chi connectivity index (χ0v) is 22.9. The summed E-state index contributed by atoms with van der Waals surface area (Å²) in [6.45, 7) is 3.62. The lowest BCUT2D eigenvalue weighted by atomic mass is 9.75. The second-order valence-electron chi connectivity index (χ2n) is 11.1. The van der Waals surface area contributed by atoms with E-state index in [4.69, 9.17) is 9.47 Å². The molecule has 12 heteroatoms. The molecule has 0 unspecified atom stereocenters. The fourth-order valence-electron chi connectivity index (χ4n) is 5.99. The Labute approximate surface area is 234 Å². The zero-order chi connectivity index (χ0) is 28.9. The van der Waals surface area contributed by atoms with Crippen molar-refractivity contribution in [1.82, 2.24) is 19.7 Å². The Morgan fingerprint density at radius 2 is 1.98 bits per heavy atom. The number of ether oxygens (including phenoxy) is 2. The van der Waals surface area contributed by atoms with E-state index in [-0.39, 0.29) is 30.8 Å². The molecule has 3 aliphatic heterocycles. The third-order valence-electron chi connectivity index (χ3n) is 8.21. The van der Waals surface area contributed by atoms with Crippen molar-refractivity contribution in [3.8, 4) is 5.75 Å². The molecular formula is C29H31F4N5O3. The van der Waals surface area contributed by atoms with Crippen LogP contribution in [-0.4, -0.2) is 64.7 Å². The van der Waals surface area contributed by atoms with Crippen molar-refractivity contribution in [1.29, 1.82) is 0 Å². The van der Waals surface area contributed by atoms with E-state index in [2.05, 4.69) is 10.2 Å². The van der Waals surface area contributed by atoms with Gasteiger partial charge in [0.25, 0.3) is 5.91 Å². The van der Waals surface area contributed by atoms with Crippen molar-refractivity contribution in [3.63, 3.8) is 0 Å². The molecular weight excluding hydrogens is 542 g/mol. The minimum atomic E-state index is -4.65. The number of fused-ring (bicyclic) bond motifs is 1. The number of halogens is 4. The van der Waals surface area contributed by atoms with Crippen LogP contribution in [0, 0.1) is 0 Å². The Bertz CT molecular complexity index is 1470. The molecule has 218 valence electrons. The Hall–Kier alpha value is -3.51. The van der Waals surface area contributed by atoms with Crippen LogP contribution in [0.25, 0.3) is 0 Å². The van der Waals surface area contributed by atoms with Crippen LogP contribution in [0.15, 0.2) is 36.7 Å². The van der Waals surface area contributed by atoms with Gasteiger partial charge in [-0.1, -0.05) is 0 Å². The Morgan fingerprint density at radius 3 is 2.59 bits per heavy atom. The highest BCUT2D eigenvalue weighted by Crippen LogP contribution is 2.43. The third kappa shape index (κ3) is 5.19. The fourth-order valence-corrected chi connectivity index (χ4v) is 5.99. The topological polar surface area (TPSA) is 72.7 Å². The molecule has 1 amide bonds. The summed E-state index contributed by atoms with van der Waals surface area (Å²) in [6.07, 6.45) is -3.13. The SMILES string of the molecule is CCOc1cc(N2Cc3c(cc(CN4CC[C@H](F)C4)cc3C(F)(F)F)C2=O)cc(C2(Cc3nncn3C)COC2)c1. The van der Waals surface area contributed by atoms with Crippen molar-refractivity contribution in [2.75, 3.05) is 37.8 Å². The van der Waals surface area contributed by atoms with Gasteiger partial charge >= 0.3 is 6.18 Å². The first-order chi connectivity index (χ1) is 19.6. The first-order valence-electron chi connectivity index (χ1n) is 13.7. The molecule has 0 bridgehead atoms. The van der Waals surface area contributed by atoms with Crippen LogP contribution in [0.2, 0.25) is 0 Å². The van der Waals surface area contributed by atoms with Gasteiger partial charge in [-0.3, -0.25) is 9.69 Å². The van der Waals surface area contributed by atoms with Gasteiger partial charge in [0.15, 0.2) is 0 Å². The van der Waals surface area contributed by atoms with E-state index >= 15 is 0 Å². The maximum atomic E-state index is 14.3. The number of likely N-dealkylation sites (tertiary alicyclic amines) is 1. The van der Waals surface area contributed by atoms with E-state index in [0.717, 1.165) is 17.5 Å². The number of aryl methyl sites for hydroxylation is 1. The first-order valence-corrected chi connectivity index (χ1v) is 13.7. The lowest BCUT2D eigenvalue weighted by Gasteiger charge is -2.42. The molecule has 0 N–H and O–H groups in total. The normalized spacial score (nSPS) is 20.4. The summed E-state index contributed by atoms with van der Waals surface area (Å²) in [5, 5.41) is 8.19. The van der Waals surface area contributed by atoms with Gasteiger partial charge in [0.1, 0.15) is 24.1 Å². The van der Waals surface area contributed by atoms with Crippen molar-refractivity contribution in [2.24, 2.45) is 7.05 Å². The molecule has 1 aromatic heterocycles. The van der Waals surface area contributed by atoms with E-state index in [1.54, 1.807) is 17.3 Å². The molecule has 0 spiro atoms. The van der Waals surface area contributed by atoms with Crippen LogP contribution in [0.1, 0.15) is 51.8 Å². The number of alkyl halides is 4. The van der Waals surface area contributed by atoms with Gasteiger partial charge in [0.2, 0.25) is 0 Å². The summed E-state index contributed by atoms with van der Waals surface area (Å²) in [5.74, 6) is 0.768. The van der Waals surface area contributed by atoms with Crippen LogP contribution in [0.3, 0.4) is 0 Å². The number of carbonyl (C=O) groups excluding carboxylic acids is 1. The van der Waals surface area contributed by atoms with Crippen LogP contribution >= 0.6 is 0 Å². The van der Waals surface area contributed by atoms with E-state index in [1.165, 1.54) is 11.0 Å². The molecule has 8 nitrogen and oxygen atoms in total. The molecule has 1 atom stereocenters. The summed E-state index contributed by atoms with van der Waals surface area (Å²) >= 11 is 0. The number of carbonyl (C=O) groups is 1. The van der Waals surface area contributed by atoms with Crippen LogP contribution in [0.4, 0.5) is 23.2 Å². The average Bonchev–Trinajstić information content (AvgIpc) is 3.59.